The van der Waals surface area contributed by atoms with Crippen LogP contribution in [-0.4, -0.2) is 26.5 Å². The van der Waals surface area contributed by atoms with Crippen LogP contribution in [0.3, 0.4) is 0 Å². The molecule has 2 N–H and O–H groups in total. The largest absolute Gasteiger partial charge is 0.380 e. The highest BCUT2D eigenvalue weighted by atomic mass is 35.5. The molecule has 25 heavy (non-hydrogen) atoms. The van der Waals surface area contributed by atoms with Crippen molar-refractivity contribution in [3.05, 3.63) is 55.3 Å². The Kier molecular flexibility index (Phi) is 5.60. The van der Waals surface area contributed by atoms with Gasteiger partial charge in [0.05, 0.1) is 9.95 Å². The van der Waals surface area contributed by atoms with Crippen LogP contribution in [0.4, 0.5) is 5.69 Å². The number of nitrogens with zero attached hydrogens (tertiary/aromatic N) is 4. The molecule has 1 heterocycles. The number of benzene rings is 1. The molecular weight excluding hydrogens is 373 g/mol. The molecule has 1 aromatic heterocycles. The summed E-state index contributed by atoms with van der Waals surface area (Å²) in [6.45, 7) is 2.60. The minimum absolute atomic E-state index is 0.116. The second-order valence-corrected chi connectivity index (χ2v) is 5.84. The van der Waals surface area contributed by atoms with Gasteiger partial charge in [0.15, 0.2) is 5.84 Å². The second kappa shape index (κ2) is 7.49. The molecule has 0 atom stereocenters. The van der Waals surface area contributed by atoms with Crippen molar-refractivity contribution in [3.8, 4) is 0 Å². The molecule has 0 spiro atoms. The van der Waals surface area contributed by atoms with Crippen LogP contribution in [-0.2, 0) is 16.2 Å². The Labute approximate surface area is 152 Å². The topological polar surface area (TPSA) is 126 Å². The summed E-state index contributed by atoms with van der Waals surface area (Å²) in [4.78, 5) is 27.0. The van der Waals surface area contributed by atoms with E-state index in [9.17, 15) is 14.9 Å². The minimum Gasteiger partial charge on any atom is -0.380 e. The fraction of sp³-hybridized carbons (Fsp3) is 0.214. The van der Waals surface area contributed by atoms with Crippen molar-refractivity contribution >= 4 is 40.7 Å². The number of amidine groups is 1. The molecule has 0 bridgehead atoms. The summed E-state index contributed by atoms with van der Waals surface area (Å²) < 4.78 is 1.16. The average molecular weight is 386 g/mol. The Morgan fingerprint density at radius 2 is 2.12 bits per heavy atom. The van der Waals surface area contributed by atoms with E-state index in [1.807, 2.05) is 0 Å². The number of carbonyl (C=O) groups excluding carboxylic acids is 1. The number of nitro groups is 1. The normalized spacial score (nSPS) is 11.4. The maximum atomic E-state index is 11.9. The molecule has 0 fully saturated rings. The zero-order valence-electron chi connectivity index (χ0n) is 13.2. The van der Waals surface area contributed by atoms with Crippen molar-refractivity contribution in [2.75, 3.05) is 0 Å². The fourth-order valence-corrected chi connectivity index (χ4v) is 2.61. The summed E-state index contributed by atoms with van der Waals surface area (Å²) in [5.74, 6) is -0.914. The van der Waals surface area contributed by atoms with Crippen LogP contribution in [0, 0.1) is 24.0 Å². The smallest absolute Gasteiger partial charge is 0.356 e. The summed E-state index contributed by atoms with van der Waals surface area (Å²) in [6.07, 6.45) is 0. The Morgan fingerprint density at radius 1 is 1.44 bits per heavy atom. The number of halogens is 2. The van der Waals surface area contributed by atoms with Gasteiger partial charge in [0.1, 0.15) is 17.9 Å². The third-order valence-corrected chi connectivity index (χ3v) is 3.81. The number of aromatic nitrogens is 2. The van der Waals surface area contributed by atoms with Crippen LogP contribution in [0.25, 0.3) is 0 Å². The number of hydrogen-bond acceptors (Lipinski definition) is 6. The summed E-state index contributed by atoms with van der Waals surface area (Å²) in [5, 5.41) is 19.1. The van der Waals surface area contributed by atoms with E-state index in [2.05, 4.69) is 10.3 Å². The molecule has 0 amide bonds. The van der Waals surface area contributed by atoms with Crippen molar-refractivity contribution < 1.29 is 14.6 Å². The predicted molar refractivity (Wildman–Crippen MR) is 91.6 cm³/mol. The van der Waals surface area contributed by atoms with E-state index >= 15 is 0 Å². The second-order valence-electron chi connectivity index (χ2n) is 5.00. The summed E-state index contributed by atoms with van der Waals surface area (Å²) in [7, 11) is 0. The molecule has 0 unspecified atom stereocenters. The first-order valence-corrected chi connectivity index (χ1v) is 7.63. The van der Waals surface area contributed by atoms with Gasteiger partial charge in [-0.15, -0.1) is 0 Å². The molecule has 0 saturated carbocycles. The molecule has 0 aliphatic carbocycles. The van der Waals surface area contributed by atoms with Gasteiger partial charge in [-0.2, -0.15) is 5.10 Å². The van der Waals surface area contributed by atoms with Crippen LogP contribution in [0.2, 0.25) is 10.0 Å². The first-order chi connectivity index (χ1) is 11.7. The lowest BCUT2D eigenvalue weighted by Gasteiger charge is -2.04. The predicted octanol–water partition coefficient (Wildman–Crippen LogP) is 2.58. The maximum absolute atomic E-state index is 11.9. The standard InChI is InChI=1S/C14H13Cl2N5O4/c1-7-13(21(23)24)8(2)20(18-7)6-12(22)25-19-14(17)10-4-3-9(15)5-11(10)16/h3-5H,6H2,1-2H3,(H2,17,19). The van der Waals surface area contributed by atoms with Gasteiger partial charge >= 0.3 is 11.7 Å². The molecule has 0 radical (unpaired) electrons. The zero-order valence-corrected chi connectivity index (χ0v) is 14.7. The van der Waals surface area contributed by atoms with Crippen LogP contribution in [0.5, 0.6) is 0 Å². The first-order valence-electron chi connectivity index (χ1n) is 6.87. The van der Waals surface area contributed by atoms with Gasteiger partial charge < -0.3 is 10.6 Å². The highest BCUT2D eigenvalue weighted by Gasteiger charge is 2.23. The molecule has 9 nitrogen and oxygen atoms in total. The quantitative estimate of drug-likeness (QED) is 0.277. The lowest BCUT2D eigenvalue weighted by atomic mass is 10.2. The van der Waals surface area contributed by atoms with Crippen molar-refractivity contribution in [1.29, 1.82) is 0 Å². The van der Waals surface area contributed by atoms with Gasteiger partial charge in [0.25, 0.3) is 0 Å². The number of carbonyl (C=O) groups is 1. The van der Waals surface area contributed by atoms with Gasteiger partial charge in [0, 0.05) is 10.6 Å². The number of nitrogens with two attached hydrogens (primary N) is 1. The Bertz CT molecular complexity index is 878. The summed E-state index contributed by atoms with van der Waals surface area (Å²) in [5.41, 5.74) is 6.35. The number of oxime groups is 1. The van der Waals surface area contributed by atoms with E-state index in [-0.39, 0.29) is 34.5 Å². The molecule has 132 valence electrons. The Hall–Kier alpha value is -2.65. The average Bonchev–Trinajstić information content (AvgIpc) is 2.79. The number of rotatable bonds is 5. The molecule has 1 aromatic carbocycles. The highest BCUT2D eigenvalue weighted by Crippen LogP contribution is 2.22. The van der Waals surface area contributed by atoms with Crippen LogP contribution < -0.4 is 5.73 Å². The first kappa shape index (κ1) is 18.7. The molecule has 11 heteroatoms. The lowest BCUT2D eigenvalue weighted by Crippen LogP contribution is -2.18. The molecule has 2 rings (SSSR count). The lowest BCUT2D eigenvalue weighted by molar-refractivity contribution is -0.386. The molecule has 2 aromatic rings. The summed E-state index contributed by atoms with van der Waals surface area (Å²) in [6, 6.07) is 4.56. The van der Waals surface area contributed by atoms with E-state index in [4.69, 9.17) is 33.8 Å². The summed E-state index contributed by atoms with van der Waals surface area (Å²) >= 11 is 11.8. The van der Waals surface area contributed by atoms with Gasteiger partial charge in [-0.05, 0) is 32.0 Å². The molecule has 0 aliphatic rings. The van der Waals surface area contributed by atoms with Crippen LogP contribution in [0.15, 0.2) is 23.4 Å². The minimum atomic E-state index is -0.798. The van der Waals surface area contributed by atoms with Gasteiger partial charge in [-0.1, -0.05) is 28.4 Å². The van der Waals surface area contributed by atoms with Gasteiger partial charge in [-0.3, -0.25) is 14.8 Å². The van der Waals surface area contributed by atoms with E-state index in [0.717, 1.165) is 4.68 Å². The SMILES string of the molecule is Cc1nn(CC(=O)O/N=C(\N)c2ccc(Cl)cc2Cl)c(C)c1[N+](=O)[O-]. The van der Waals surface area contributed by atoms with Gasteiger partial charge in [-0.25, -0.2) is 4.79 Å². The van der Waals surface area contributed by atoms with E-state index < -0.39 is 10.9 Å². The van der Waals surface area contributed by atoms with Crippen molar-refractivity contribution in [3.63, 3.8) is 0 Å². The fourth-order valence-electron chi connectivity index (χ4n) is 2.10. The maximum Gasteiger partial charge on any atom is 0.356 e. The van der Waals surface area contributed by atoms with Crippen molar-refractivity contribution in [2.45, 2.75) is 20.4 Å². The van der Waals surface area contributed by atoms with E-state index in [1.54, 1.807) is 6.07 Å². The Morgan fingerprint density at radius 3 is 2.68 bits per heavy atom. The Balaban J connectivity index is 2.10. The van der Waals surface area contributed by atoms with Crippen LogP contribution in [0.1, 0.15) is 17.0 Å². The zero-order chi connectivity index (χ0) is 18.7. The van der Waals surface area contributed by atoms with Crippen molar-refractivity contribution in [2.24, 2.45) is 10.9 Å². The van der Waals surface area contributed by atoms with Crippen LogP contribution >= 0.6 is 23.2 Å². The molecule has 0 aliphatic heterocycles. The number of aryl methyl sites for hydroxylation is 1. The third kappa shape index (κ3) is 4.25. The van der Waals surface area contributed by atoms with E-state index in [0.29, 0.717) is 10.6 Å². The number of hydrogen-bond donors (Lipinski definition) is 1. The monoisotopic (exact) mass is 385 g/mol. The van der Waals surface area contributed by atoms with Gasteiger partial charge in [0.2, 0.25) is 0 Å². The van der Waals surface area contributed by atoms with E-state index in [1.165, 1.54) is 26.0 Å². The third-order valence-electron chi connectivity index (χ3n) is 3.26. The molecular formula is C14H13Cl2N5O4. The van der Waals surface area contributed by atoms with Crippen molar-refractivity contribution in [1.82, 2.24) is 9.78 Å². The highest BCUT2D eigenvalue weighted by molar-refractivity contribution is 6.36. The molecule has 0 saturated heterocycles.